The van der Waals surface area contributed by atoms with Crippen LogP contribution in [0.3, 0.4) is 0 Å². The number of anilines is 1. The molecule has 0 spiro atoms. The fourth-order valence-corrected chi connectivity index (χ4v) is 2.47. The summed E-state index contributed by atoms with van der Waals surface area (Å²) < 4.78 is 0. The van der Waals surface area contributed by atoms with Crippen molar-refractivity contribution in [2.45, 2.75) is 0 Å². The molecule has 0 unspecified atom stereocenters. The van der Waals surface area contributed by atoms with E-state index in [1.54, 1.807) is 12.4 Å². The Bertz CT molecular complexity index is 951. The van der Waals surface area contributed by atoms with Crippen LogP contribution in [0.2, 0.25) is 0 Å². The van der Waals surface area contributed by atoms with Crippen LogP contribution < -0.4 is 5.32 Å². The summed E-state index contributed by atoms with van der Waals surface area (Å²) in [5, 5.41) is 11.7. The highest BCUT2D eigenvalue weighted by atomic mass is 16.1. The molecule has 0 fully saturated rings. The van der Waals surface area contributed by atoms with Crippen LogP contribution in [0.4, 0.5) is 5.69 Å². The number of H-pyrrole nitrogens is 2. The van der Waals surface area contributed by atoms with E-state index >= 15 is 0 Å². The molecule has 0 radical (unpaired) electrons. The van der Waals surface area contributed by atoms with Gasteiger partial charge in [-0.15, -0.1) is 0 Å². The van der Waals surface area contributed by atoms with Gasteiger partial charge in [0.1, 0.15) is 0 Å². The Labute approximate surface area is 120 Å². The van der Waals surface area contributed by atoms with Gasteiger partial charge in [-0.3, -0.25) is 9.89 Å². The molecule has 0 bridgehead atoms. The molecule has 2 heterocycles. The van der Waals surface area contributed by atoms with E-state index in [1.807, 2.05) is 42.5 Å². The van der Waals surface area contributed by atoms with Crippen molar-refractivity contribution in [1.29, 1.82) is 0 Å². The van der Waals surface area contributed by atoms with E-state index in [2.05, 4.69) is 20.5 Å². The normalized spacial score (nSPS) is 11.0. The quantitative estimate of drug-likeness (QED) is 0.525. The molecule has 2 aromatic carbocycles. The van der Waals surface area contributed by atoms with Crippen molar-refractivity contribution in [3.8, 4) is 0 Å². The first-order chi connectivity index (χ1) is 10.3. The summed E-state index contributed by atoms with van der Waals surface area (Å²) in [7, 11) is 0. The second-order valence-corrected chi connectivity index (χ2v) is 4.87. The monoisotopic (exact) mass is 276 g/mol. The van der Waals surface area contributed by atoms with Crippen LogP contribution >= 0.6 is 0 Å². The number of para-hydroxylation sites is 1. The van der Waals surface area contributed by atoms with Crippen LogP contribution in [0.15, 0.2) is 54.9 Å². The van der Waals surface area contributed by atoms with E-state index in [4.69, 9.17) is 0 Å². The van der Waals surface area contributed by atoms with Gasteiger partial charge in [0.15, 0.2) is 0 Å². The number of carbonyl (C=O) groups is 1. The minimum absolute atomic E-state index is 0.133. The van der Waals surface area contributed by atoms with Crippen LogP contribution in [0.1, 0.15) is 10.4 Å². The van der Waals surface area contributed by atoms with Crippen LogP contribution in [0.25, 0.3) is 21.8 Å². The van der Waals surface area contributed by atoms with Crippen LogP contribution in [0.5, 0.6) is 0 Å². The lowest BCUT2D eigenvalue weighted by molar-refractivity contribution is 0.102. The van der Waals surface area contributed by atoms with E-state index in [-0.39, 0.29) is 5.91 Å². The summed E-state index contributed by atoms with van der Waals surface area (Å²) in [5.74, 6) is -0.133. The number of aromatic amines is 2. The minimum Gasteiger partial charge on any atom is -0.360 e. The third-order valence-corrected chi connectivity index (χ3v) is 3.53. The number of nitrogens with one attached hydrogen (secondary N) is 3. The molecular weight excluding hydrogens is 264 g/mol. The van der Waals surface area contributed by atoms with Crippen LogP contribution in [-0.2, 0) is 0 Å². The Morgan fingerprint density at radius 1 is 1.10 bits per heavy atom. The first-order valence-corrected chi connectivity index (χ1v) is 6.62. The lowest BCUT2D eigenvalue weighted by Gasteiger charge is -2.04. The van der Waals surface area contributed by atoms with Gasteiger partial charge in [0, 0.05) is 28.2 Å². The highest BCUT2D eigenvalue weighted by Gasteiger charge is 2.12. The molecule has 0 saturated heterocycles. The van der Waals surface area contributed by atoms with E-state index in [0.29, 0.717) is 5.56 Å². The molecule has 0 aliphatic rings. The molecule has 0 saturated carbocycles. The molecule has 5 heteroatoms. The Morgan fingerprint density at radius 2 is 2.00 bits per heavy atom. The molecule has 4 rings (SSSR count). The van der Waals surface area contributed by atoms with Crippen molar-refractivity contribution in [3.05, 3.63) is 60.4 Å². The number of rotatable bonds is 2. The summed E-state index contributed by atoms with van der Waals surface area (Å²) >= 11 is 0. The Balaban J connectivity index is 1.68. The van der Waals surface area contributed by atoms with E-state index in [1.165, 1.54) is 0 Å². The minimum atomic E-state index is -0.133. The molecule has 0 aliphatic heterocycles. The number of benzene rings is 2. The molecule has 3 N–H and O–H groups in total. The zero-order valence-electron chi connectivity index (χ0n) is 11.1. The molecule has 2 aromatic heterocycles. The molecule has 102 valence electrons. The molecule has 5 nitrogen and oxygen atoms in total. The SMILES string of the molecule is O=C(Nc1ccc2cn[nH]c2c1)c1c[nH]c2ccccc12. The average molecular weight is 276 g/mol. The predicted molar refractivity (Wildman–Crippen MR) is 82.3 cm³/mol. The third-order valence-electron chi connectivity index (χ3n) is 3.53. The summed E-state index contributed by atoms with van der Waals surface area (Å²) in [6, 6.07) is 13.4. The summed E-state index contributed by atoms with van der Waals surface area (Å²) in [5.41, 5.74) is 3.22. The standard InChI is InChI=1S/C16H12N4O/c21-16(13-9-17-14-4-2-1-3-12(13)14)19-11-6-5-10-8-18-20-15(10)7-11/h1-9,17H,(H,18,20)(H,19,21). The molecular formula is C16H12N4O. The van der Waals surface area contributed by atoms with Gasteiger partial charge in [-0.2, -0.15) is 5.10 Å². The fraction of sp³-hybridized carbons (Fsp3) is 0. The van der Waals surface area contributed by atoms with Gasteiger partial charge in [-0.05, 0) is 24.3 Å². The van der Waals surface area contributed by atoms with Crippen molar-refractivity contribution < 1.29 is 4.79 Å². The average Bonchev–Trinajstić information content (AvgIpc) is 3.13. The smallest absolute Gasteiger partial charge is 0.257 e. The van der Waals surface area contributed by atoms with Crippen molar-refractivity contribution >= 4 is 33.4 Å². The summed E-state index contributed by atoms with van der Waals surface area (Å²) in [6.45, 7) is 0. The Hall–Kier alpha value is -3.08. The van der Waals surface area contributed by atoms with E-state index in [9.17, 15) is 4.79 Å². The highest BCUT2D eigenvalue weighted by molar-refractivity contribution is 6.13. The zero-order chi connectivity index (χ0) is 14.2. The Morgan fingerprint density at radius 3 is 2.95 bits per heavy atom. The fourth-order valence-electron chi connectivity index (χ4n) is 2.47. The van der Waals surface area contributed by atoms with Crippen molar-refractivity contribution in [3.63, 3.8) is 0 Å². The highest BCUT2D eigenvalue weighted by Crippen LogP contribution is 2.21. The molecule has 0 aliphatic carbocycles. The molecule has 0 atom stereocenters. The third kappa shape index (κ3) is 1.95. The van der Waals surface area contributed by atoms with Gasteiger partial charge in [-0.1, -0.05) is 18.2 Å². The van der Waals surface area contributed by atoms with Crippen molar-refractivity contribution in [1.82, 2.24) is 15.2 Å². The van der Waals surface area contributed by atoms with Crippen molar-refractivity contribution in [2.24, 2.45) is 0 Å². The molecule has 21 heavy (non-hydrogen) atoms. The van der Waals surface area contributed by atoms with Crippen LogP contribution in [0, 0.1) is 0 Å². The van der Waals surface area contributed by atoms with Gasteiger partial charge >= 0.3 is 0 Å². The largest absolute Gasteiger partial charge is 0.360 e. The first kappa shape index (κ1) is 11.7. The number of carbonyl (C=O) groups excluding carboxylic acids is 1. The second-order valence-electron chi connectivity index (χ2n) is 4.87. The van der Waals surface area contributed by atoms with E-state index < -0.39 is 0 Å². The number of fused-ring (bicyclic) bond motifs is 2. The lowest BCUT2D eigenvalue weighted by atomic mass is 10.1. The van der Waals surface area contributed by atoms with Gasteiger partial charge in [0.05, 0.1) is 17.3 Å². The maximum atomic E-state index is 12.4. The number of nitrogens with zero attached hydrogens (tertiary/aromatic N) is 1. The lowest BCUT2D eigenvalue weighted by Crippen LogP contribution is -2.11. The maximum Gasteiger partial charge on any atom is 0.257 e. The van der Waals surface area contributed by atoms with Gasteiger partial charge in [0.2, 0.25) is 0 Å². The topological polar surface area (TPSA) is 73.6 Å². The Kier molecular flexibility index (Phi) is 2.50. The van der Waals surface area contributed by atoms with Gasteiger partial charge < -0.3 is 10.3 Å². The second kappa shape index (κ2) is 4.49. The summed E-state index contributed by atoms with van der Waals surface area (Å²) in [4.78, 5) is 15.5. The van der Waals surface area contributed by atoms with Gasteiger partial charge in [0.25, 0.3) is 5.91 Å². The maximum absolute atomic E-state index is 12.4. The number of amides is 1. The summed E-state index contributed by atoms with van der Waals surface area (Å²) in [6.07, 6.45) is 3.48. The number of aromatic nitrogens is 3. The number of hydrogen-bond donors (Lipinski definition) is 3. The van der Waals surface area contributed by atoms with E-state index in [0.717, 1.165) is 27.5 Å². The zero-order valence-corrected chi connectivity index (χ0v) is 11.1. The van der Waals surface area contributed by atoms with Crippen molar-refractivity contribution in [2.75, 3.05) is 5.32 Å². The van der Waals surface area contributed by atoms with Crippen LogP contribution in [-0.4, -0.2) is 21.1 Å². The molecule has 4 aromatic rings. The number of hydrogen-bond acceptors (Lipinski definition) is 2. The van der Waals surface area contributed by atoms with Gasteiger partial charge in [-0.25, -0.2) is 0 Å². The predicted octanol–water partition coefficient (Wildman–Crippen LogP) is 3.30. The first-order valence-electron chi connectivity index (χ1n) is 6.62. The molecule has 1 amide bonds.